The molecular formula is C16H14FN3. The minimum Gasteiger partial charge on any atom is -0.275 e. The van der Waals surface area contributed by atoms with Gasteiger partial charge in [-0.1, -0.05) is 0 Å². The van der Waals surface area contributed by atoms with Crippen molar-refractivity contribution in [1.82, 2.24) is 14.8 Å². The molecule has 0 bridgehead atoms. The predicted molar refractivity (Wildman–Crippen MR) is 76.6 cm³/mol. The topological polar surface area (TPSA) is 30.7 Å². The minimum atomic E-state index is -0.244. The van der Waals surface area contributed by atoms with Gasteiger partial charge in [0.15, 0.2) is 0 Å². The second kappa shape index (κ2) is 4.89. The Morgan fingerprint density at radius 1 is 1.05 bits per heavy atom. The molecule has 3 rings (SSSR count). The summed E-state index contributed by atoms with van der Waals surface area (Å²) in [6, 6.07) is 10.4. The molecule has 1 aromatic carbocycles. The van der Waals surface area contributed by atoms with Crippen LogP contribution in [0.3, 0.4) is 0 Å². The summed E-state index contributed by atoms with van der Waals surface area (Å²) < 4.78 is 14.8. The number of aromatic nitrogens is 3. The molecule has 2 aromatic heterocycles. The molecule has 3 aromatic rings. The lowest BCUT2D eigenvalue weighted by Gasteiger charge is -2.03. The minimum absolute atomic E-state index is 0.244. The molecule has 0 aliphatic carbocycles. The van der Waals surface area contributed by atoms with Crippen LogP contribution < -0.4 is 0 Å². The van der Waals surface area contributed by atoms with Gasteiger partial charge in [-0.15, -0.1) is 0 Å². The highest BCUT2D eigenvalue weighted by Crippen LogP contribution is 2.30. The quantitative estimate of drug-likeness (QED) is 0.710. The molecule has 0 fully saturated rings. The number of halogens is 1. The molecule has 0 atom stereocenters. The molecule has 3 nitrogen and oxygen atoms in total. The maximum atomic E-state index is 13.1. The van der Waals surface area contributed by atoms with Crippen LogP contribution in [0.4, 0.5) is 4.39 Å². The molecule has 0 amide bonds. The van der Waals surface area contributed by atoms with Crippen molar-refractivity contribution in [2.24, 2.45) is 7.05 Å². The summed E-state index contributed by atoms with van der Waals surface area (Å²) in [6.07, 6.45) is 3.75. The molecule has 0 saturated carbocycles. The summed E-state index contributed by atoms with van der Waals surface area (Å²) in [5, 5.41) is 4.49. The fourth-order valence-electron chi connectivity index (χ4n) is 2.23. The van der Waals surface area contributed by atoms with E-state index in [9.17, 15) is 4.39 Å². The number of pyridine rings is 1. The Kier molecular flexibility index (Phi) is 3.06. The fourth-order valence-corrected chi connectivity index (χ4v) is 2.23. The van der Waals surface area contributed by atoms with Gasteiger partial charge in [0.1, 0.15) is 11.5 Å². The van der Waals surface area contributed by atoms with Crippen LogP contribution in [-0.4, -0.2) is 14.8 Å². The summed E-state index contributed by atoms with van der Waals surface area (Å²) in [5.74, 6) is -0.244. The molecule has 0 aliphatic heterocycles. The third kappa shape index (κ3) is 2.32. The molecule has 0 radical (unpaired) electrons. The maximum Gasteiger partial charge on any atom is 0.123 e. The second-order valence-corrected chi connectivity index (χ2v) is 4.76. The first-order valence-corrected chi connectivity index (χ1v) is 6.36. The lowest BCUT2D eigenvalue weighted by Crippen LogP contribution is -1.88. The SMILES string of the molecule is Cc1cc(-c2cn(C)nc2-c2ccc(F)cc2)ccn1. The van der Waals surface area contributed by atoms with Crippen LogP contribution in [-0.2, 0) is 7.05 Å². The van der Waals surface area contributed by atoms with Crippen molar-refractivity contribution in [1.29, 1.82) is 0 Å². The van der Waals surface area contributed by atoms with E-state index >= 15 is 0 Å². The van der Waals surface area contributed by atoms with E-state index in [0.717, 1.165) is 28.1 Å². The van der Waals surface area contributed by atoms with Gasteiger partial charge in [0, 0.05) is 36.3 Å². The van der Waals surface area contributed by atoms with E-state index in [1.165, 1.54) is 12.1 Å². The lowest BCUT2D eigenvalue weighted by molar-refractivity contribution is 0.628. The van der Waals surface area contributed by atoms with Crippen LogP contribution in [0.2, 0.25) is 0 Å². The summed E-state index contributed by atoms with van der Waals surface area (Å²) in [6.45, 7) is 1.96. The van der Waals surface area contributed by atoms with Gasteiger partial charge in [-0.05, 0) is 48.9 Å². The van der Waals surface area contributed by atoms with E-state index in [4.69, 9.17) is 0 Å². The molecule has 0 aliphatic rings. The van der Waals surface area contributed by atoms with Crippen LogP contribution in [0.5, 0.6) is 0 Å². The van der Waals surface area contributed by atoms with E-state index in [-0.39, 0.29) is 5.82 Å². The van der Waals surface area contributed by atoms with Gasteiger partial charge in [-0.2, -0.15) is 5.10 Å². The highest BCUT2D eigenvalue weighted by Gasteiger charge is 2.12. The van der Waals surface area contributed by atoms with Crippen molar-refractivity contribution >= 4 is 0 Å². The van der Waals surface area contributed by atoms with Crippen LogP contribution in [0.15, 0.2) is 48.8 Å². The van der Waals surface area contributed by atoms with Crippen molar-refractivity contribution in [2.75, 3.05) is 0 Å². The number of hydrogen-bond donors (Lipinski definition) is 0. The van der Waals surface area contributed by atoms with Crippen LogP contribution in [0.1, 0.15) is 5.69 Å². The zero-order chi connectivity index (χ0) is 14.1. The highest BCUT2D eigenvalue weighted by atomic mass is 19.1. The summed E-state index contributed by atoms with van der Waals surface area (Å²) >= 11 is 0. The van der Waals surface area contributed by atoms with Crippen LogP contribution >= 0.6 is 0 Å². The van der Waals surface area contributed by atoms with Crippen molar-refractivity contribution in [3.63, 3.8) is 0 Å². The standard InChI is InChI=1S/C16H14FN3/c1-11-9-13(7-8-18-11)15-10-20(2)19-16(15)12-3-5-14(17)6-4-12/h3-10H,1-2H3. The van der Waals surface area contributed by atoms with Gasteiger partial charge in [0.05, 0.1) is 0 Å². The summed E-state index contributed by atoms with van der Waals surface area (Å²) in [5.41, 5.74) is 4.78. The van der Waals surface area contributed by atoms with Gasteiger partial charge >= 0.3 is 0 Å². The molecule has 4 heteroatoms. The van der Waals surface area contributed by atoms with E-state index in [2.05, 4.69) is 10.1 Å². The smallest absolute Gasteiger partial charge is 0.123 e. The maximum absolute atomic E-state index is 13.1. The first-order valence-electron chi connectivity index (χ1n) is 6.36. The average molecular weight is 267 g/mol. The Hall–Kier alpha value is -2.49. The third-order valence-corrected chi connectivity index (χ3v) is 3.15. The van der Waals surface area contributed by atoms with E-state index < -0.39 is 0 Å². The van der Waals surface area contributed by atoms with Gasteiger partial charge in [0.2, 0.25) is 0 Å². The largest absolute Gasteiger partial charge is 0.275 e. The number of rotatable bonds is 2. The summed E-state index contributed by atoms with van der Waals surface area (Å²) in [4.78, 5) is 4.21. The molecule has 0 spiro atoms. The zero-order valence-corrected chi connectivity index (χ0v) is 11.3. The Balaban J connectivity index is 2.15. The molecule has 0 unspecified atom stereocenters. The lowest BCUT2D eigenvalue weighted by atomic mass is 10.0. The molecular weight excluding hydrogens is 253 g/mol. The molecule has 0 N–H and O–H groups in total. The highest BCUT2D eigenvalue weighted by molar-refractivity contribution is 5.80. The van der Waals surface area contributed by atoms with Gasteiger partial charge in [-0.25, -0.2) is 4.39 Å². The molecule has 100 valence electrons. The van der Waals surface area contributed by atoms with E-state index in [1.807, 2.05) is 32.3 Å². The van der Waals surface area contributed by atoms with E-state index in [1.54, 1.807) is 23.0 Å². The second-order valence-electron chi connectivity index (χ2n) is 4.76. The Morgan fingerprint density at radius 2 is 1.80 bits per heavy atom. The summed E-state index contributed by atoms with van der Waals surface area (Å²) in [7, 11) is 1.88. The third-order valence-electron chi connectivity index (χ3n) is 3.15. The zero-order valence-electron chi connectivity index (χ0n) is 11.3. The normalized spacial score (nSPS) is 10.8. The van der Waals surface area contributed by atoms with Gasteiger partial charge in [0.25, 0.3) is 0 Å². The molecule has 2 heterocycles. The first kappa shape index (κ1) is 12.5. The number of nitrogens with zero attached hydrogens (tertiary/aromatic N) is 3. The monoisotopic (exact) mass is 267 g/mol. The molecule has 20 heavy (non-hydrogen) atoms. The van der Waals surface area contributed by atoms with Crippen molar-refractivity contribution < 1.29 is 4.39 Å². The Morgan fingerprint density at radius 3 is 2.50 bits per heavy atom. The van der Waals surface area contributed by atoms with Crippen LogP contribution in [0, 0.1) is 12.7 Å². The van der Waals surface area contributed by atoms with Crippen molar-refractivity contribution in [2.45, 2.75) is 6.92 Å². The van der Waals surface area contributed by atoms with Gasteiger partial charge < -0.3 is 0 Å². The molecule has 0 saturated heterocycles. The number of hydrogen-bond acceptors (Lipinski definition) is 2. The van der Waals surface area contributed by atoms with Crippen molar-refractivity contribution in [3.05, 3.63) is 60.3 Å². The Bertz CT molecular complexity index is 745. The van der Waals surface area contributed by atoms with Gasteiger partial charge in [-0.3, -0.25) is 9.67 Å². The van der Waals surface area contributed by atoms with Crippen molar-refractivity contribution in [3.8, 4) is 22.4 Å². The first-order chi connectivity index (χ1) is 9.63. The van der Waals surface area contributed by atoms with E-state index in [0.29, 0.717) is 0 Å². The predicted octanol–water partition coefficient (Wildman–Crippen LogP) is 3.60. The Labute approximate surface area is 116 Å². The van der Waals surface area contributed by atoms with Crippen LogP contribution in [0.25, 0.3) is 22.4 Å². The fraction of sp³-hybridized carbons (Fsp3) is 0.125. The average Bonchev–Trinajstić information content (AvgIpc) is 2.82. The number of benzene rings is 1. The number of aryl methyl sites for hydroxylation is 2.